The number of aromatic amines is 2. The summed E-state index contributed by atoms with van der Waals surface area (Å²) < 4.78 is 4.64. The van der Waals surface area contributed by atoms with E-state index in [1.165, 1.54) is 35.8 Å². The van der Waals surface area contributed by atoms with Crippen LogP contribution >= 0.6 is 58.8 Å². The van der Waals surface area contributed by atoms with E-state index in [0.717, 1.165) is 49.4 Å². The first kappa shape index (κ1) is 69.2. The molecule has 12 rings (SSSR count). The number of rotatable bonds is 8. The molecule has 0 atom stereocenters. The highest BCUT2D eigenvalue weighted by molar-refractivity contribution is 6.31. The Kier molecular flexibility index (Phi) is 27.2. The normalized spacial score (nSPS) is 15.0. The van der Waals surface area contributed by atoms with E-state index < -0.39 is 23.8 Å². The van der Waals surface area contributed by atoms with Gasteiger partial charge in [-0.3, -0.25) is 44.3 Å². The summed E-state index contributed by atoms with van der Waals surface area (Å²) >= 11 is 22.3. The van der Waals surface area contributed by atoms with Gasteiger partial charge >= 0.3 is 24.0 Å². The lowest BCUT2D eigenvalue weighted by Gasteiger charge is -2.27. The summed E-state index contributed by atoms with van der Waals surface area (Å²) in [5.41, 5.74) is 8.27. The Balaban J connectivity index is 0.000000181. The Morgan fingerprint density at radius 2 is 1.12 bits per heavy atom. The number of benzene rings is 4. The molecule has 4 aromatic carbocycles. The largest absolute Gasteiger partial charge is 0.476 e. The first-order chi connectivity index (χ1) is 42.0. The SMILES string of the molecule is C1CNOC1.COC(=O)c1ccccc1C(=O)N1CCCO1.Cl.ClCCCCl.O=C(Nc1cccc(Cl)c1)N1CCc2[nH]nc(C(=O)N3CCCO3)c2C1.O=C(O)c1n[nH]c2c1CN(C(=O)Nc1cccc(Cl)c1)CC2.O=C1c2ccccc2C(=O)N1O. The monoisotopic (exact) mass is 1310 g/mol. The van der Waals surface area contributed by atoms with Crippen LogP contribution < -0.4 is 16.1 Å². The molecule has 88 heavy (non-hydrogen) atoms. The van der Waals surface area contributed by atoms with E-state index in [2.05, 4.69) is 41.2 Å². The number of amides is 8. The standard InChI is InChI=1S/C17H18ClN5O3.C14H13ClN4O3.C12H13NO4.C8H5NO3.C3H6Cl2.C3H7NO.ClH/c18-11-3-1-4-12(9-11)19-17(25)22-7-5-14-13(10-22)15(21-20-14)16(24)23-6-2-8-26-23;15-8-2-1-3-9(6-8)16-14(22)19-5-4-11-10(7-19)12(13(20)21)18-17-11;1-16-12(15)10-6-3-2-5-9(10)11(14)13-7-4-8-17-13;10-7-5-3-1-2-4-6(5)8(11)9(7)12;4-2-1-3-5;1-2-4-5-3-1;/h1,3-4,9H,2,5-8,10H2,(H,19,25)(H,20,21);1-3,6H,4-5,7H2,(H,16,22)(H,17,18)(H,20,21);2-3,5-6H,4,7-8H2,1H3;1-4,12H;1-3H2;4H,1-3H2;1H. The second-order valence-electron chi connectivity index (χ2n) is 19.1. The third-order valence-electron chi connectivity index (χ3n) is 13.2. The maximum absolute atomic E-state index is 12.6. The summed E-state index contributed by atoms with van der Waals surface area (Å²) in [6.45, 7) is 5.63. The fourth-order valence-corrected chi connectivity index (χ4v) is 9.63. The first-order valence-corrected chi connectivity index (χ1v) is 29.0. The van der Waals surface area contributed by atoms with Gasteiger partial charge in [-0.15, -0.1) is 40.7 Å². The number of H-pyrrole nitrogens is 2. The van der Waals surface area contributed by atoms with E-state index in [-0.39, 0.29) is 70.3 Å². The number of aromatic carboxylic acids is 1. The number of nitrogens with one attached hydrogen (secondary N) is 5. The molecule has 8 amide bonds. The van der Waals surface area contributed by atoms with Gasteiger partial charge in [-0.25, -0.2) is 34.8 Å². The second kappa shape index (κ2) is 34.6. The highest BCUT2D eigenvalue weighted by Gasteiger charge is 2.35. The number of esters is 1. The highest BCUT2D eigenvalue weighted by Crippen LogP contribution is 2.26. The van der Waals surface area contributed by atoms with Crippen LogP contribution in [-0.4, -0.2) is 175 Å². The quantitative estimate of drug-likeness (QED) is 0.0324. The molecule has 8 heterocycles. The zero-order chi connectivity index (χ0) is 62.4. The average Bonchev–Trinajstić information content (AvgIpc) is 4.39. The van der Waals surface area contributed by atoms with Crippen LogP contribution in [0.2, 0.25) is 10.0 Å². The van der Waals surface area contributed by atoms with Crippen LogP contribution in [0.3, 0.4) is 0 Å². The van der Waals surface area contributed by atoms with Crippen molar-refractivity contribution in [3.05, 3.63) is 163 Å². The number of urea groups is 2. The van der Waals surface area contributed by atoms with Crippen LogP contribution in [0, 0.1) is 0 Å². The molecule has 6 aliphatic rings. The van der Waals surface area contributed by atoms with E-state index in [0.29, 0.717) is 109 Å². The number of carboxylic acid groups (broad SMARTS) is 1. The molecule has 3 saturated heterocycles. The second-order valence-corrected chi connectivity index (χ2v) is 20.7. The van der Waals surface area contributed by atoms with Gasteiger partial charge < -0.3 is 35.1 Å². The van der Waals surface area contributed by atoms with E-state index in [1.54, 1.807) is 94.7 Å². The zero-order valence-electron chi connectivity index (χ0n) is 47.3. The van der Waals surface area contributed by atoms with E-state index >= 15 is 0 Å². The number of carbonyl (C=O) groups is 8. The van der Waals surface area contributed by atoms with Gasteiger partial charge in [-0.1, -0.05) is 59.6 Å². The number of halogens is 5. The number of imide groups is 1. The van der Waals surface area contributed by atoms with Gasteiger partial charge in [0.2, 0.25) is 0 Å². The molecular formula is C57H63Cl5N12O14. The summed E-state index contributed by atoms with van der Waals surface area (Å²) in [6.07, 6.45) is 4.86. The third-order valence-corrected chi connectivity index (χ3v) is 14.2. The number of hydroxylamine groups is 7. The molecule has 31 heteroatoms. The number of methoxy groups -OCH3 is 1. The van der Waals surface area contributed by atoms with Gasteiger partial charge in [-0.2, -0.15) is 10.2 Å². The Labute approximate surface area is 530 Å². The van der Waals surface area contributed by atoms with Gasteiger partial charge in [0.25, 0.3) is 23.6 Å². The van der Waals surface area contributed by atoms with Crippen molar-refractivity contribution in [1.82, 2.24) is 50.9 Å². The van der Waals surface area contributed by atoms with Gasteiger partial charge in [0.1, 0.15) is 0 Å². The molecule has 3 fully saturated rings. The number of ether oxygens (including phenoxy) is 1. The molecule has 7 N–H and O–H groups in total. The predicted molar refractivity (Wildman–Crippen MR) is 325 cm³/mol. The maximum Gasteiger partial charge on any atom is 0.356 e. The first-order valence-electron chi connectivity index (χ1n) is 27.2. The van der Waals surface area contributed by atoms with Crippen molar-refractivity contribution in [3.8, 4) is 0 Å². The van der Waals surface area contributed by atoms with Crippen molar-refractivity contribution in [2.24, 2.45) is 0 Å². The molecule has 0 bridgehead atoms. The summed E-state index contributed by atoms with van der Waals surface area (Å²) in [6, 6.07) is 26.1. The van der Waals surface area contributed by atoms with Crippen LogP contribution in [0.4, 0.5) is 21.0 Å². The minimum Gasteiger partial charge on any atom is -0.476 e. The topological polar surface area (TPSA) is 324 Å². The maximum atomic E-state index is 12.6. The molecule has 0 saturated carbocycles. The molecule has 0 aliphatic carbocycles. The van der Waals surface area contributed by atoms with Gasteiger partial charge in [0.05, 0.1) is 75.4 Å². The Bertz CT molecular complexity index is 3350. The van der Waals surface area contributed by atoms with Gasteiger partial charge in [-0.05, 0) is 86.3 Å². The fraction of sp³-hybridized carbons (Fsp3) is 0.333. The number of anilines is 2. The van der Waals surface area contributed by atoms with Crippen LogP contribution in [0.5, 0.6) is 0 Å². The lowest BCUT2D eigenvalue weighted by Crippen LogP contribution is -2.39. The van der Waals surface area contributed by atoms with Gasteiger partial charge in [0.15, 0.2) is 11.4 Å². The fourth-order valence-electron chi connectivity index (χ4n) is 8.84. The number of aromatic nitrogens is 4. The molecule has 0 radical (unpaired) electrons. The van der Waals surface area contributed by atoms with Crippen LogP contribution in [-0.2, 0) is 45.2 Å². The van der Waals surface area contributed by atoms with Gasteiger partial charge in [0, 0.05) is 88.2 Å². The van der Waals surface area contributed by atoms with E-state index in [4.69, 9.17) is 71.2 Å². The summed E-state index contributed by atoms with van der Waals surface area (Å²) in [7, 11) is 1.29. The summed E-state index contributed by atoms with van der Waals surface area (Å²) in [5.74, 6) is -2.14. The molecule has 0 unspecified atom stereocenters. The number of fused-ring (bicyclic) bond motifs is 3. The van der Waals surface area contributed by atoms with E-state index in [1.807, 2.05) is 0 Å². The number of hydrogen-bond donors (Lipinski definition) is 7. The molecule has 0 spiro atoms. The van der Waals surface area contributed by atoms with Crippen LogP contribution in [0.1, 0.15) is 111 Å². The Morgan fingerprint density at radius 3 is 1.55 bits per heavy atom. The summed E-state index contributed by atoms with van der Waals surface area (Å²) in [4.78, 5) is 113. The molecule has 6 aromatic rings. The number of carbonyl (C=O) groups excluding carboxylic acids is 7. The van der Waals surface area contributed by atoms with Crippen LogP contribution in [0.25, 0.3) is 0 Å². The smallest absolute Gasteiger partial charge is 0.356 e. The lowest BCUT2D eigenvalue weighted by molar-refractivity contribution is -0.0772. The van der Waals surface area contributed by atoms with Crippen LogP contribution in [0.15, 0.2) is 97.1 Å². The van der Waals surface area contributed by atoms with Crippen molar-refractivity contribution in [1.29, 1.82) is 0 Å². The average molecular weight is 1320 g/mol. The molecule has 26 nitrogen and oxygen atoms in total. The predicted octanol–water partition coefficient (Wildman–Crippen LogP) is 8.89. The van der Waals surface area contributed by atoms with Crippen molar-refractivity contribution in [2.45, 2.75) is 51.6 Å². The number of alkyl halides is 2. The van der Waals surface area contributed by atoms with Crippen molar-refractivity contribution < 1.29 is 67.9 Å². The minimum atomic E-state index is -1.10. The Hall–Kier alpha value is -7.89. The Morgan fingerprint density at radius 1 is 0.636 bits per heavy atom. The molecule has 2 aromatic heterocycles. The molecular weight excluding hydrogens is 1250 g/mol. The number of hydrogen-bond acceptors (Lipinski definition) is 16. The van der Waals surface area contributed by atoms with Crippen molar-refractivity contribution in [2.75, 3.05) is 82.0 Å². The highest BCUT2D eigenvalue weighted by atomic mass is 35.5. The lowest BCUT2D eigenvalue weighted by atomic mass is 10.1. The van der Waals surface area contributed by atoms with E-state index in [9.17, 15) is 38.4 Å². The number of carboxylic acids is 1. The molecule has 470 valence electrons. The minimum absolute atomic E-state index is 0. The van der Waals surface area contributed by atoms with Crippen molar-refractivity contribution in [3.63, 3.8) is 0 Å². The summed E-state index contributed by atoms with van der Waals surface area (Å²) in [5, 5.41) is 41.0. The third kappa shape index (κ3) is 18.8. The molecule has 6 aliphatic heterocycles. The van der Waals surface area contributed by atoms with Crippen molar-refractivity contribution >= 4 is 118 Å². The number of nitrogens with zero attached hydrogens (tertiary/aromatic N) is 7. The zero-order valence-corrected chi connectivity index (χ0v) is 51.1.